The van der Waals surface area contributed by atoms with Crippen LogP contribution in [-0.4, -0.2) is 34.9 Å². The van der Waals surface area contributed by atoms with Crippen molar-refractivity contribution in [3.8, 4) is 0 Å². The summed E-state index contributed by atoms with van der Waals surface area (Å²) in [6.45, 7) is 18.4. The van der Waals surface area contributed by atoms with Crippen LogP contribution in [0.15, 0.2) is 42.5 Å². The summed E-state index contributed by atoms with van der Waals surface area (Å²) in [5, 5.41) is 12.2. The lowest BCUT2D eigenvalue weighted by Crippen LogP contribution is -2.58. The second kappa shape index (κ2) is 19.2. The van der Waals surface area contributed by atoms with E-state index in [0.29, 0.717) is 12.3 Å². The van der Waals surface area contributed by atoms with E-state index >= 15 is 0 Å². The molecule has 0 heterocycles. The molecule has 1 aromatic carbocycles. The van der Waals surface area contributed by atoms with Crippen molar-refractivity contribution in [2.24, 2.45) is 17.3 Å². The molecule has 1 N–H and O–H groups in total. The Morgan fingerprint density at radius 3 is 2.18 bits per heavy atom. The molecule has 1 unspecified atom stereocenters. The Labute approximate surface area is 286 Å². The molecule has 1 fully saturated rings. The van der Waals surface area contributed by atoms with Crippen LogP contribution in [0.25, 0.3) is 0 Å². The quantitative estimate of drug-likeness (QED) is 0.0362. The average Bonchev–Trinajstić information content (AvgIpc) is 2.98. The molecule has 0 bridgehead atoms. The van der Waals surface area contributed by atoms with Crippen LogP contribution in [0.2, 0.25) is 19.6 Å². The topological polar surface area (TPSA) is 46.5 Å². The number of hydrogen-bond acceptors (Lipinski definition) is 3. The first-order chi connectivity index (χ1) is 20.8. The lowest BCUT2D eigenvalue weighted by Gasteiger charge is -2.47. The molecule has 5 heteroatoms. The van der Waals surface area contributed by atoms with E-state index < -0.39 is 19.6 Å². The van der Waals surface area contributed by atoms with Gasteiger partial charge in [-0.2, -0.15) is 0 Å². The summed E-state index contributed by atoms with van der Waals surface area (Å²) in [5.74, 6) is 0.561. The Kier molecular flexibility index (Phi) is 17.3. The highest BCUT2D eigenvalue weighted by atomic mass is 127. The predicted octanol–water partition coefficient (Wildman–Crippen LogP) is 11.6. The number of esters is 1. The van der Waals surface area contributed by atoms with E-state index in [1.54, 1.807) is 0 Å². The van der Waals surface area contributed by atoms with Crippen LogP contribution in [0.3, 0.4) is 0 Å². The van der Waals surface area contributed by atoms with Crippen LogP contribution < -0.4 is 0 Å². The van der Waals surface area contributed by atoms with Gasteiger partial charge in [0.15, 0.2) is 0 Å². The smallest absolute Gasteiger partial charge is 0.319 e. The number of aliphatic hydroxyl groups excluding tert-OH is 1. The van der Waals surface area contributed by atoms with Gasteiger partial charge in [-0.1, -0.05) is 184 Å². The van der Waals surface area contributed by atoms with Crippen molar-refractivity contribution in [1.82, 2.24) is 0 Å². The van der Waals surface area contributed by atoms with Gasteiger partial charge < -0.3 is 9.84 Å². The van der Waals surface area contributed by atoms with Crippen molar-refractivity contribution in [3.05, 3.63) is 48.0 Å². The molecule has 1 aromatic rings. The Hall–Kier alpha value is -0.663. The average molecular weight is 739 g/mol. The van der Waals surface area contributed by atoms with Gasteiger partial charge in [0.05, 0.1) is 14.2 Å². The second-order valence-electron chi connectivity index (χ2n) is 15.5. The minimum atomic E-state index is -1.88. The molecule has 0 spiro atoms. The zero-order chi connectivity index (χ0) is 32.8. The third kappa shape index (κ3) is 11.2. The highest BCUT2D eigenvalue weighted by molar-refractivity contribution is 14.1. The van der Waals surface area contributed by atoms with E-state index in [1.807, 2.05) is 0 Å². The number of alkyl halides is 1. The van der Waals surface area contributed by atoms with Gasteiger partial charge in [-0.15, -0.1) is 0 Å². The van der Waals surface area contributed by atoms with Crippen LogP contribution in [0.5, 0.6) is 0 Å². The molecule has 0 saturated heterocycles. The van der Waals surface area contributed by atoms with E-state index in [9.17, 15) is 9.90 Å². The van der Waals surface area contributed by atoms with E-state index in [0.717, 1.165) is 44.9 Å². The highest BCUT2D eigenvalue weighted by Crippen LogP contribution is 2.47. The van der Waals surface area contributed by atoms with Gasteiger partial charge in [0, 0.05) is 9.47 Å². The highest BCUT2D eigenvalue weighted by Gasteiger charge is 2.55. The Morgan fingerprint density at radius 2 is 1.57 bits per heavy atom. The standard InChI is InChI=1S/C39H67IO3Si/c1-9-11-13-15-17-22-26-35(41)39(36(40)44(6,7)8,29-23-18-16-14-12-10-2)37(42)43-34-30-31(3)27-28-33(34)38(4,5)32-24-20-19-21-25-32/h19-21,23-25,29,31,33-36,41H,9-18,22,26-28,30H2,1-8H3/b29-23+/t31-,33-,34-,35+,36?,39-/m1/s1. The van der Waals surface area contributed by atoms with Crippen molar-refractivity contribution in [2.75, 3.05) is 0 Å². The van der Waals surface area contributed by atoms with E-state index in [-0.39, 0.29) is 27.0 Å². The maximum absolute atomic E-state index is 14.9. The Morgan fingerprint density at radius 1 is 0.977 bits per heavy atom. The number of carbonyl (C=O) groups is 1. The molecule has 0 amide bonds. The van der Waals surface area contributed by atoms with Crippen LogP contribution in [-0.2, 0) is 14.9 Å². The van der Waals surface area contributed by atoms with Crippen molar-refractivity contribution in [1.29, 1.82) is 0 Å². The number of carbonyl (C=O) groups excluding carboxylic acids is 1. The van der Waals surface area contributed by atoms with Gasteiger partial charge in [-0.25, -0.2) is 0 Å². The molecule has 2 rings (SSSR count). The van der Waals surface area contributed by atoms with Gasteiger partial charge in [-0.05, 0) is 49.0 Å². The van der Waals surface area contributed by atoms with Crippen molar-refractivity contribution in [2.45, 2.75) is 172 Å². The van der Waals surface area contributed by atoms with Gasteiger partial charge in [0.1, 0.15) is 11.5 Å². The molecule has 3 nitrogen and oxygen atoms in total. The van der Waals surface area contributed by atoms with Crippen molar-refractivity contribution in [3.63, 3.8) is 0 Å². The molecule has 0 radical (unpaired) electrons. The summed E-state index contributed by atoms with van der Waals surface area (Å²) in [6.07, 6.45) is 19.9. The zero-order valence-corrected chi connectivity index (χ0v) is 32.8. The monoisotopic (exact) mass is 738 g/mol. The van der Waals surface area contributed by atoms with Gasteiger partial charge in [0.2, 0.25) is 0 Å². The predicted molar refractivity (Wildman–Crippen MR) is 201 cm³/mol. The number of ether oxygens (including phenoxy) is 1. The SMILES string of the molecule is CCCCCC/C=C/[C@](C(=O)O[C@@H]1C[C@H](C)CC[C@H]1C(C)(C)c1ccccc1)(C(I)[Si](C)(C)C)[C@@H](O)CCCCCCCC. The maximum atomic E-state index is 14.9. The molecular formula is C39H67IO3Si. The third-order valence-electron chi connectivity index (χ3n) is 10.3. The number of rotatable bonds is 20. The summed E-state index contributed by atoms with van der Waals surface area (Å²) in [7, 11) is -1.88. The minimum absolute atomic E-state index is 0.0173. The fourth-order valence-corrected chi connectivity index (χ4v) is 10.0. The first-order valence-electron chi connectivity index (χ1n) is 18.1. The molecule has 44 heavy (non-hydrogen) atoms. The van der Waals surface area contributed by atoms with Crippen LogP contribution in [0, 0.1) is 17.3 Å². The van der Waals surface area contributed by atoms with Crippen LogP contribution in [0.1, 0.15) is 136 Å². The molecular weight excluding hydrogens is 671 g/mol. The molecule has 1 saturated carbocycles. The second-order valence-corrected chi connectivity index (χ2v) is 23.3. The van der Waals surface area contributed by atoms with Crippen molar-refractivity contribution < 1.29 is 14.6 Å². The number of halogens is 1. The fourth-order valence-electron chi connectivity index (χ4n) is 7.32. The first kappa shape index (κ1) is 39.5. The normalized spacial score (nSPS) is 22.5. The molecule has 0 aromatic heterocycles. The molecule has 1 aliphatic carbocycles. The van der Waals surface area contributed by atoms with E-state index in [2.05, 4.69) is 119 Å². The summed E-state index contributed by atoms with van der Waals surface area (Å²) < 4.78 is 6.82. The Balaban J connectivity index is 2.46. The lowest BCUT2D eigenvalue weighted by atomic mass is 9.64. The van der Waals surface area contributed by atoms with Gasteiger partial charge in [-0.3, -0.25) is 4.79 Å². The minimum Gasteiger partial charge on any atom is -0.461 e. The van der Waals surface area contributed by atoms with Gasteiger partial charge in [0.25, 0.3) is 0 Å². The van der Waals surface area contributed by atoms with Gasteiger partial charge >= 0.3 is 5.97 Å². The fraction of sp³-hybridized carbons (Fsp3) is 0.769. The Bertz CT molecular complexity index is 971. The summed E-state index contributed by atoms with van der Waals surface area (Å²) in [6, 6.07) is 10.8. The number of unbranched alkanes of at least 4 members (excludes halogenated alkanes) is 9. The third-order valence-corrected chi connectivity index (χ3v) is 18.9. The largest absolute Gasteiger partial charge is 0.461 e. The summed E-state index contributed by atoms with van der Waals surface area (Å²) >= 11 is 2.53. The zero-order valence-electron chi connectivity index (χ0n) is 29.7. The summed E-state index contributed by atoms with van der Waals surface area (Å²) in [4.78, 5) is 14.9. The van der Waals surface area contributed by atoms with Crippen LogP contribution >= 0.6 is 22.6 Å². The molecule has 1 aliphatic rings. The maximum Gasteiger partial charge on any atom is 0.319 e. The summed E-state index contributed by atoms with van der Waals surface area (Å²) in [5.41, 5.74) is 0.154. The molecule has 0 aliphatic heterocycles. The molecule has 252 valence electrons. The van der Waals surface area contributed by atoms with E-state index in [1.165, 1.54) is 50.5 Å². The molecule has 6 atom stereocenters. The van der Waals surface area contributed by atoms with Crippen LogP contribution in [0.4, 0.5) is 0 Å². The van der Waals surface area contributed by atoms with Crippen molar-refractivity contribution >= 4 is 36.6 Å². The number of aliphatic hydroxyl groups is 1. The number of allylic oxidation sites excluding steroid dienone is 1. The first-order valence-corrected chi connectivity index (χ1v) is 22.9. The number of hydrogen-bond donors (Lipinski definition) is 1. The number of benzene rings is 1. The van der Waals surface area contributed by atoms with E-state index in [4.69, 9.17) is 4.74 Å². The lowest BCUT2D eigenvalue weighted by molar-refractivity contribution is -0.171.